The zero-order valence-corrected chi connectivity index (χ0v) is 12.6. The first-order valence-corrected chi connectivity index (χ1v) is 7.76. The number of nitrogens with one attached hydrogen (secondary N) is 1. The van der Waals surface area contributed by atoms with Crippen molar-refractivity contribution in [1.29, 1.82) is 0 Å². The minimum Gasteiger partial charge on any atom is -0.335 e. The van der Waals surface area contributed by atoms with Crippen molar-refractivity contribution >= 4 is 29.7 Å². The van der Waals surface area contributed by atoms with E-state index < -0.39 is 0 Å². The van der Waals surface area contributed by atoms with Crippen LogP contribution in [0.5, 0.6) is 0 Å². The fraction of sp³-hybridized carbons (Fsp3) is 0.643. The Labute approximate surface area is 124 Å². The summed E-state index contributed by atoms with van der Waals surface area (Å²) in [6, 6.07) is 5.12. The Balaban J connectivity index is 0.00000133. The van der Waals surface area contributed by atoms with E-state index in [0.29, 0.717) is 24.4 Å². The average Bonchev–Trinajstić information content (AvgIpc) is 2.87. The first-order chi connectivity index (χ1) is 8.83. The number of hydrogen-bond donors (Lipinski definition) is 1. The van der Waals surface area contributed by atoms with Crippen molar-refractivity contribution in [2.75, 3.05) is 6.54 Å². The van der Waals surface area contributed by atoms with Gasteiger partial charge in [-0.15, -0.1) is 23.7 Å². The maximum atomic E-state index is 12.4. The van der Waals surface area contributed by atoms with E-state index in [0.717, 1.165) is 19.5 Å². The van der Waals surface area contributed by atoms with Crippen LogP contribution in [0.15, 0.2) is 17.5 Å². The summed E-state index contributed by atoms with van der Waals surface area (Å²) in [5.74, 6) is 0.338. The molecule has 0 radical (unpaired) electrons. The largest absolute Gasteiger partial charge is 0.335 e. The number of carbonyl (C=O) groups excluding carboxylic acids is 1. The molecule has 1 aliphatic carbocycles. The molecule has 1 N–H and O–H groups in total. The standard InChI is InChI=1S/C14H20N2OS.ClH/c17-14(9-11-3-1-7-15-11)16(12-5-6-12)10-13-4-2-8-18-13;/h2,4,8,11-12,15H,1,3,5-7,9-10H2;1H. The average molecular weight is 301 g/mol. The van der Waals surface area contributed by atoms with Gasteiger partial charge in [0.05, 0.1) is 6.54 Å². The van der Waals surface area contributed by atoms with E-state index in [-0.39, 0.29) is 12.4 Å². The van der Waals surface area contributed by atoms with Gasteiger partial charge in [-0.3, -0.25) is 4.79 Å². The Kier molecular flexibility index (Phi) is 5.25. The number of halogens is 1. The molecule has 2 fully saturated rings. The van der Waals surface area contributed by atoms with E-state index in [1.807, 2.05) is 0 Å². The van der Waals surface area contributed by atoms with Crippen molar-refractivity contribution in [3.63, 3.8) is 0 Å². The summed E-state index contributed by atoms with van der Waals surface area (Å²) in [4.78, 5) is 15.8. The van der Waals surface area contributed by atoms with Crippen LogP contribution in [0, 0.1) is 0 Å². The maximum absolute atomic E-state index is 12.4. The van der Waals surface area contributed by atoms with Crippen molar-refractivity contribution in [3.8, 4) is 0 Å². The zero-order chi connectivity index (χ0) is 12.4. The maximum Gasteiger partial charge on any atom is 0.224 e. The summed E-state index contributed by atoms with van der Waals surface area (Å²) >= 11 is 1.75. The summed E-state index contributed by atoms with van der Waals surface area (Å²) in [7, 11) is 0. The van der Waals surface area contributed by atoms with Gasteiger partial charge in [-0.25, -0.2) is 0 Å². The van der Waals surface area contributed by atoms with Gasteiger partial charge in [0.1, 0.15) is 0 Å². The molecule has 1 amide bonds. The Morgan fingerprint density at radius 2 is 2.26 bits per heavy atom. The van der Waals surface area contributed by atoms with E-state index in [4.69, 9.17) is 0 Å². The van der Waals surface area contributed by atoms with Crippen molar-refractivity contribution < 1.29 is 4.79 Å². The highest BCUT2D eigenvalue weighted by atomic mass is 35.5. The van der Waals surface area contributed by atoms with Crippen LogP contribution >= 0.6 is 23.7 Å². The van der Waals surface area contributed by atoms with E-state index in [1.54, 1.807) is 11.3 Å². The third kappa shape index (κ3) is 3.94. The normalized spacial score (nSPS) is 22.0. The van der Waals surface area contributed by atoms with Crippen molar-refractivity contribution in [1.82, 2.24) is 10.2 Å². The highest BCUT2D eigenvalue weighted by Gasteiger charge is 2.33. The zero-order valence-electron chi connectivity index (χ0n) is 11.0. The smallest absolute Gasteiger partial charge is 0.224 e. The lowest BCUT2D eigenvalue weighted by molar-refractivity contribution is -0.132. The Bertz CT molecular complexity index is 400. The minimum atomic E-state index is 0. The third-order valence-corrected chi connectivity index (χ3v) is 4.66. The van der Waals surface area contributed by atoms with Crippen molar-refractivity contribution in [2.24, 2.45) is 0 Å². The van der Waals surface area contributed by atoms with Gasteiger partial charge in [0.2, 0.25) is 5.91 Å². The molecule has 19 heavy (non-hydrogen) atoms. The number of rotatable bonds is 5. The fourth-order valence-corrected chi connectivity index (χ4v) is 3.34. The molecule has 5 heteroatoms. The van der Waals surface area contributed by atoms with Gasteiger partial charge < -0.3 is 10.2 Å². The molecule has 1 aromatic rings. The van der Waals surface area contributed by atoms with Crippen LogP contribution in [0.25, 0.3) is 0 Å². The van der Waals surface area contributed by atoms with Crippen molar-refractivity contribution in [3.05, 3.63) is 22.4 Å². The second-order valence-electron chi connectivity index (χ2n) is 5.33. The van der Waals surface area contributed by atoms with E-state index in [9.17, 15) is 4.79 Å². The van der Waals surface area contributed by atoms with Gasteiger partial charge in [0.15, 0.2) is 0 Å². The van der Waals surface area contributed by atoms with Crippen molar-refractivity contribution in [2.45, 2.75) is 50.7 Å². The van der Waals surface area contributed by atoms with Gasteiger partial charge in [0, 0.05) is 23.4 Å². The molecule has 1 aromatic heterocycles. The molecular formula is C14H21ClN2OS. The highest BCUT2D eigenvalue weighted by Crippen LogP contribution is 2.30. The van der Waals surface area contributed by atoms with Crippen LogP contribution in [0.1, 0.15) is 37.0 Å². The predicted molar refractivity (Wildman–Crippen MR) is 80.8 cm³/mol. The van der Waals surface area contributed by atoms with Gasteiger partial charge >= 0.3 is 0 Å². The molecule has 1 atom stereocenters. The monoisotopic (exact) mass is 300 g/mol. The Hall–Kier alpha value is -0.580. The number of hydrogen-bond acceptors (Lipinski definition) is 3. The highest BCUT2D eigenvalue weighted by molar-refractivity contribution is 7.09. The summed E-state index contributed by atoms with van der Waals surface area (Å²) in [6.45, 7) is 1.89. The lowest BCUT2D eigenvalue weighted by atomic mass is 10.1. The number of amides is 1. The molecule has 2 aliphatic rings. The lowest BCUT2D eigenvalue weighted by Gasteiger charge is -2.23. The minimum absolute atomic E-state index is 0. The van der Waals surface area contributed by atoms with E-state index in [2.05, 4.69) is 27.7 Å². The summed E-state index contributed by atoms with van der Waals surface area (Å²) in [5, 5.41) is 5.50. The van der Waals surface area contributed by atoms with E-state index >= 15 is 0 Å². The summed E-state index contributed by atoms with van der Waals surface area (Å²) in [5.41, 5.74) is 0. The molecule has 1 saturated carbocycles. The van der Waals surface area contributed by atoms with Crippen LogP contribution in [-0.4, -0.2) is 29.4 Å². The molecule has 106 valence electrons. The SMILES string of the molecule is Cl.O=C(CC1CCCN1)N(Cc1cccs1)C1CC1. The molecule has 0 aromatic carbocycles. The molecule has 3 nitrogen and oxygen atoms in total. The first kappa shape index (κ1) is 14.8. The fourth-order valence-electron chi connectivity index (χ4n) is 2.64. The van der Waals surface area contributed by atoms with Gasteiger partial charge in [-0.1, -0.05) is 6.07 Å². The van der Waals surface area contributed by atoms with Gasteiger partial charge in [-0.05, 0) is 43.7 Å². The lowest BCUT2D eigenvalue weighted by Crippen LogP contribution is -2.36. The molecule has 1 unspecified atom stereocenters. The summed E-state index contributed by atoms with van der Waals surface area (Å²) in [6.07, 6.45) is 5.43. The van der Waals surface area contributed by atoms with Crippen LogP contribution in [0.2, 0.25) is 0 Å². The number of nitrogens with zero attached hydrogens (tertiary/aromatic N) is 1. The third-order valence-electron chi connectivity index (χ3n) is 3.80. The quantitative estimate of drug-likeness (QED) is 0.907. The van der Waals surface area contributed by atoms with Gasteiger partial charge in [-0.2, -0.15) is 0 Å². The van der Waals surface area contributed by atoms with Crippen LogP contribution in [0.4, 0.5) is 0 Å². The van der Waals surface area contributed by atoms with Gasteiger partial charge in [0.25, 0.3) is 0 Å². The Morgan fingerprint density at radius 3 is 2.84 bits per heavy atom. The predicted octanol–water partition coefficient (Wildman–Crippen LogP) is 2.80. The first-order valence-electron chi connectivity index (χ1n) is 6.88. The van der Waals surface area contributed by atoms with Crippen LogP contribution in [0.3, 0.4) is 0 Å². The molecular weight excluding hydrogens is 280 g/mol. The van der Waals surface area contributed by atoms with E-state index in [1.165, 1.54) is 24.1 Å². The second kappa shape index (κ2) is 6.73. The molecule has 1 aliphatic heterocycles. The molecule has 2 heterocycles. The van der Waals surface area contributed by atoms with Crippen LogP contribution in [-0.2, 0) is 11.3 Å². The molecule has 0 spiro atoms. The molecule has 0 bridgehead atoms. The Morgan fingerprint density at radius 1 is 1.42 bits per heavy atom. The second-order valence-corrected chi connectivity index (χ2v) is 6.36. The number of carbonyl (C=O) groups is 1. The summed E-state index contributed by atoms with van der Waals surface area (Å²) < 4.78 is 0. The molecule has 1 saturated heterocycles. The molecule has 3 rings (SSSR count). The number of thiophene rings is 1. The van der Waals surface area contributed by atoms with Crippen LogP contribution < -0.4 is 5.32 Å². The topological polar surface area (TPSA) is 32.3 Å².